The Morgan fingerprint density at radius 2 is 1.76 bits per heavy atom. The molecule has 0 aromatic heterocycles. The first-order chi connectivity index (χ1) is 9.81. The Hall–Kier alpha value is -0.740. The lowest BCUT2D eigenvalue weighted by Crippen LogP contribution is -2.49. The van der Waals surface area contributed by atoms with Gasteiger partial charge in [-0.05, 0) is 6.92 Å². The summed E-state index contributed by atoms with van der Waals surface area (Å²) in [6.45, 7) is 2.57. The first kappa shape index (κ1) is 20.3. The van der Waals surface area contributed by atoms with Gasteiger partial charge >= 0.3 is 5.97 Å². The minimum atomic E-state index is -3.70. The second-order valence-corrected chi connectivity index (χ2v) is 6.55. The molecular formula is C12H26N2O6S. The van der Waals surface area contributed by atoms with Crippen LogP contribution in [0.1, 0.15) is 13.3 Å². The summed E-state index contributed by atoms with van der Waals surface area (Å²) in [4.78, 5) is 11.1. The van der Waals surface area contributed by atoms with Gasteiger partial charge in [-0.3, -0.25) is 4.79 Å². The maximum Gasteiger partial charge on any atom is 0.306 e. The molecule has 0 aliphatic rings. The topological polar surface area (TPSA) is 85.4 Å². The second-order valence-electron chi connectivity index (χ2n) is 4.56. The zero-order valence-corrected chi connectivity index (χ0v) is 14.2. The molecule has 8 nitrogen and oxygen atoms in total. The molecule has 0 radical (unpaired) electrons. The van der Waals surface area contributed by atoms with E-state index in [1.807, 2.05) is 0 Å². The molecule has 0 saturated carbocycles. The normalized spacial score (nSPS) is 13.7. The van der Waals surface area contributed by atoms with Crippen LogP contribution in [0.15, 0.2) is 0 Å². The van der Waals surface area contributed by atoms with E-state index in [-0.39, 0.29) is 38.8 Å². The van der Waals surface area contributed by atoms with E-state index in [0.29, 0.717) is 0 Å². The molecule has 0 bridgehead atoms. The molecule has 0 rings (SSSR count). The molecule has 21 heavy (non-hydrogen) atoms. The summed E-state index contributed by atoms with van der Waals surface area (Å²) in [6, 6.07) is -0.337. The van der Waals surface area contributed by atoms with Gasteiger partial charge in [0, 0.05) is 40.4 Å². The van der Waals surface area contributed by atoms with Crippen LogP contribution in [0.3, 0.4) is 0 Å². The van der Waals surface area contributed by atoms with Crippen LogP contribution in [-0.2, 0) is 29.2 Å². The fourth-order valence-corrected chi connectivity index (χ4v) is 3.21. The van der Waals surface area contributed by atoms with Crippen molar-refractivity contribution in [3.05, 3.63) is 0 Å². The first-order valence-corrected chi connectivity index (χ1v) is 7.98. The zero-order chi connectivity index (χ0) is 16.5. The fourth-order valence-electron chi connectivity index (χ4n) is 1.71. The average molecular weight is 326 g/mol. The highest BCUT2D eigenvalue weighted by Gasteiger charge is 2.31. The molecule has 0 aromatic rings. The van der Waals surface area contributed by atoms with Crippen molar-refractivity contribution < 1.29 is 27.4 Å². The minimum Gasteiger partial charge on any atom is -0.469 e. The van der Waals surface area contributed by atoms with Crippen LogP contribution in [-0.4, -0.2) is 83.7 Å². The summed E-state index contributed by atoms with van der Waals surface area (Å²) < 4.78 is 42.0. The highest BCUT2D eigenvalue weighted by atomic mass is 32.2. The van der Waals surface area contributed by atoms with E-state index in [0.717, 1.165) is 4.31 Å². The van der Waals surface area contributed by atoms with Crippen molar-refractivity contribution >= 4 is 16.2 Å². The molecule has 0 heterocycles. The second kappa shape index (κ2) is 10.1. The quantitative estimate of drug-likeness (QED) is 0.485. The summed E-state index contributed by atoms with van der Waals surface area (Å²) in [6.07, 6.45) is 0.00298. The highest BCUT2D eigenvalue weighted by Crippen LogP contribution is 2.12. The SMILES string of the molecule is COCCN(C(C)COC)S(=O)(=O)N(C)CCC(=O)OC. The Labute approximate surface area is 127 Å². The van der Waals surface area contributed by atoms with Crippen LogP contribution in [0, 0.1) is 0 Å². The predicted octanol–water partition coefficient (Wildman–Crippen LogP) is -0.291. The maximum absolute atomic E-state index is 12.5. The van der Waals surface area contributed by atoms with Crippen molar-refractivity contribution in [1.82, 2.24) is 8.61 Å². The lowest BCUT2D eigenvalue weighted by atomic mass is 10.3. The van der Waals surface area contributed by atoms with E-state index in [2.05, 4.69) is 4.74 Å². The largest absolute Gasteiger partial charge is 0.469 e. The van der Waals surface area contributed by atoms with E-state index in [1.54, 1.807) is 6.92 Å². The third-order valence-electron chi connectivity index (χ3n) is 2.96. The van der Waals surface area contributed by atoms with Gasteiger partial charge in [0.15, 0.2) is 0 Å². The van der Waals surface area contributed by atoms with Crippen LogP contribution >= 0.6 is 0 Å². The van der Waals surface area contributed by atoms with Gasteiger partial charge in [0.25, 0.3) is 10.2 Å². The van der Waals surface area contributed by atoms with Gasteiger partial charge in [-0.25, -0.2) is 0 Å². The summed E-state index contributed by atoms with van der Waals surface area (Å²) in [7, 11) is 2.01. The third-order valence-corrected chi connectivity index (χ3v) is 5.07. The Bertz CT molecular complexity index is 401. The number of carbonyl (C=O) groups excluding carboxylic acids is 1. The molecule has 0 amide bonds. The molecule has 0 aromatic carbocycles. The lowest BCUT2D eigenvalue weighted by Gasteiger charge is -2.31. The molecule has 9 heteroatoms. The predicted molar refractivity (Wildman–Crippen MR) is 78.1 cm³/mol. The van der Waals surface area contributed by atoms with Crippen LogP contribution in [0.5, 0.6) is 0 Å². The van der Waals surface area contributed by atoms with Crippen LogP contribution < -0.4 is 0 Å². The van der Waals surface area contributed by atoms with Gasteiger partial charge in [-0.15, -0.1) is 0 Å². The van der Waals surface area contributed by atoms with Crippen molar-refractivity contribution in [2.75, 3.05) is 54.7 Å². The number of methoxy groups -OCH3 is 3. The smallest absolute Gasteiger partial charge is 0.306 e. The van der Waals surface area contributed by atoms with Gasteiger partial charge in [0.05, 0.1) is 26.7 Å². The lowest BCUT2D eigenvalue weighted by molar-refractivity contribution is -0.140. The fraction of sp³-hybridized carbons (Fsp3) is 0.917. The van der Waals surface area contributed by atoms with Crippen molar-refractivity contribution in [3.8, 4) is 0 Å². The van der Waals surface area contributed by atoms with Gasteiger partial charge in [0.2, 0.25) is 0 Å². The molecule has 126 valence electrons. The van der Waals surface area contributed by atoms with Gasteiger partial charge < -0.3 is 14.2 Å². The van der Waals surface area contributed by atoms with Gasteiger partial charge in [-0.1, -0.05) is 0 Å². The molecule has 0 aliphatic carbocycles. The summed E-state index contributed by atoms with van der Waals surface area (Å²) in [5, 5.41) is 0. The highest BCUT2D eigenvalue weighted by molar-refractivity contribution is 7.86. The molecule has 0 fully saturated rings. The molecule has 0 spiro atoms. The van der Waals surface area contributed by atoms with Crippen LogP contribution in [0.2, 0.25) is 0 Å². The van der Waals surface area contributed by atoms with E-state index in [4.69, 9.17) is 9.47 Å². The molecule has 0 aliphatic heterocycles. The Kier molecular flexibility index (Phi) is 9.71. The zero-order valence-electron chi connectivity index (χ0n) is 13.4. The summed E-state index contributed by atoms with van der Waals surface area (Å²) >= 11 is 0. The number of esters is 1. The van der Waals surface area contributed by atoms with E-state index < -0.39 is 16.2 Å². The minimum absolute atomic E-state index is 0.00298. The van der Waals surface area contributed by atoms with E-state index in [1.165, 1.54) is 32.7 Å². The molecule has 1 unspecified atom stereocenters. The molecular weight excluding hydrogens is 300 g/mol. The van der Waals surface area contributed by atoms with Crippen LogP contribution in [0.25, 0.3) is 0 Å². The maximum atomic E-state index is 12.5. The molecule has 0 saturated heterocycles. The number of hydrogen-bond acceptors (Lipinski definition) is 6. The van der Waals surface area contributed by atoms with E-state index in [9.17, 15) is 13.2 Å². The monoisotopic (exact) mass is 326 g/mol. The molecule has 1 atom stereocenters. The Balaban J connectivity index is 4.93. The van der Waals surface area contributed by atoms with Gasteiger partial charge in [0.1, 0.15) is 0 Å². The van der Waals surface area contributed by atoms with Crippen molar-refractivity contribution in [2.24, 2.45) is 0 Å². The summed E-state index contributed by atoms with van der Waals surface area (Å²) in [5.41, 5.74) is 0. The third kappa shape index (κ3) is 6.70. The number of ether oxygens (including phenoxy) is 3. The van der Waals surface area contributed by atoms with Gasteiger partial charge in [-0.2, -0.15) is 17.0 Å². The van der Waals surface area contributed by atoms with Crippen molar-refractivity contribution in [1.29, 1.82) is 0 Å². The number of carbonyl (C=O) groups is 1. The number of hydrogen-bond donors (Lipinski definition) is 0. The first-order valence-electron chi connectivity index (χ1n) is 6.59. The Morgan fingerprint density at radius 1 is 1.14 bits per heavy atom. The number of nitrogens with zero attached hydrogens (tertiary/aromatic N) is 2. The standard InChI is InChI=1S/C12H26N2O6S/c1-11(10-19-4)14(8-9-18-3)21(16,17)13(2)7-6-12(15)20-5/h11H,6-10H2,1-5H3. The Morgan fingerprint density at radius 3 is 2.24 bits per heavy atom. The van der Waals surface area contributed by atoms with Crippen molar-refractivity contribution in [2.45, 2.75) is 19.4 Å². The van der Waals surface area contributed by atoms with E-state index >= 15 is 0 Å². The molecule has 0 N–H and O–H groups in total. The van der Waals surface area contributed by atoms with Crippen molar-refractivity contribution in [3.63, 3.8) is 0 Å². The van der Waals surface area contributed by atoms with Crippen LogP contribution in [0.4, 0.5) is 0 Å². The average Bonchev–Trinajstić information content (AvgIpc) is 2.44. The summed E-state index contributed by atoms with van der Waals surface area (Å²) in [5.74, 6) is -0.453. The number of rotatable bonds is 11.